The molecule has 0 aromatic carbocycles. The predicted octanol–water partition coefficient (Wildman–Crippen LogP) is 1.25. The van der Waals surface area contributed by atoms with Crippen molar-refractivity contribution in [1.82, 2.24) is 18.9 Å². The maximum Gasteiger partial charge on any atom is 0.281 e. The zero-order valence-electron chi connectivity index (χ0n) is 14.6. The zero-order valence-corrected chi connectivity index (χ0v) is 15.4. The van der Waals surface area contributed by atoms with E-state index < -0.39 is 10.2 Å². The number of piperidine rings is 2. The van der Waals surface area contributed by atoms with E-state index in [2.05, 4.69) is 17.2 Å². The molecule has 2 aliphatic heterocycles. The van der Waals surface area contributed by atoms with Crippen molar-refractivity contribution < 1.29 is 13.2 Å². The number of carbonyl (C=O) groups excluding carboxylic acids is 1. The monoisotopic (exact) mass is 366 g/mol. The fraction of sp³-hybridized carbons (Fsp3) is 0.647. The van der Waals surface area contributed by atoms with Crippen LogP contribution < -0.4 is 5.32 Å². The first kappa shape index (κ1) is 18.3. The van der Waals surface area contributed by atoms with E-state index in [1.54, 1.807) is 26.9 Å². The van der Waals surface area contributed by atoms with Gasteiger partial charge in [0.2, 0.25) is 0 Å². The highest BCUT2D eigenvalue weighted by Crippen LogP contribution is 2.23. The first-order valence-corrected chi connectivity index (χ1v) is 10.3. The molecule has 0 bridgehead atoms. The predicted molar refractivity (Wildman–Crippen MR) is 95.2 cm³/mol. The summed E-state index contributed by atoms with van der Waals surface area (Å²) in [4.78, 5) is 16.1. The summed E-state index contributed by atoms with van der Waals surface area (Å²) < 4.78 is 28.8. The SMILES string of the molecule is C[C@@H]1CCCN(S(=O)(=O)N2CCC(NC(=O)c3cccnc3)CC2)C1. The van der Waals surface area contributed by atoms with Crippen LogP contribution in [0.1, 0.15) is 43.0 Å². The van der Waals surface area contributed by atoms with Crippen LogP contribution in [-0.2, 0) is 10.2 Å². The van der Waals surface area contributed by atoms with Gasteiger partial charge in [-0.1, -0.05) is 6.92 Å². The molecule has 0 saturated carbocycles. The van der Waals surface area contributed by atoms with Gasteiger partial charge in [-0.05, 0) is 43.7 Å². The molecule has 7 nitrogen and oxygen atoms in total. The number of nitrogens with zero attached hydrogens (tertiary/aromatic N) is 3. The number of nitrogens with one attached hydrogen (secondary N) is 1. The number of amides is 1. The van der Waals surface area contributed by atoms with Gasteiger partial charge in [-0.15, -0.1) is 0 Å². The molecule has 2 aliphatic rings. The second kappa shape index (κ2) is 7.80. The third-order valence-corrected chi connectivity index (χ3v) is 6.99. The Hall–Kier alpha value is -1.51. The highest BCUT2D eigenvalue weighted by Gasteiger charge is 2.35. The summed E-state index contributed by atoms with van der Waals surface area (Å²) in [5.41, 5.74) is 0.528. The fourth-order valence-electron chi connectivity index (χ4n) is 3.52. The highest BCUT2D eigenvalue weighted by molar-refractivity contribution is 7.86. The second-order valence-corrected chi connectivity index (χ2v) is 8.93. The molecule has 1 atom stereocenters. The zero-order chi connectivity index (χ0) is 17.9. The number of carbonyl (C=O) groups is 1. The van der Waals surface area contributed by atoms with Crippen molar-refractivity contribution in [3.05, 3.63) is 30.1 Å². The van der Waals surface area contributed by atoms with E-state index >= 15 is 0 Å². The number of rotatable bonds is 4. The van der Waals surface area contributed by atoms with E-state index in [1.165, 1.54) is 6.20 Å². The Labute approximate surface area is 149 Å². The van der Waals surface area contributed by atoms with Gasteiger partial charge in [0.15, 0.2) is 0 Å². The Morgan fingerprint density at radius 1 is 1.20 bits per heavy atom. The Bertz CT molecular complexity index is 687. The number of hydrogen-bond donors (Lipinski definition) is 1. The molecule has 0 unspecified atom stereocenters. The lowest BCUT2D eigenvalue weighted by Crippen LogP contribution is -2.52. The lowest BCUT2D eigenvalue weighted by atomic mass is 10.0. The average Bonchev–Trinajstić information content (AvgIpc) is 2.63. The molecule has 1 aromatic rings. The molecule has 1 amide bonds. The third-order valence-electron chi connectivity index (χ3n) is 4.99. The first-order valence-electron chi connectivity index (χ1n) is 8.93. The molecule has 8 heteroatoms. The van der Waals surface area contributed by atoms with Gasteiger partial charge >= 0.3 is 0 Å². The summed E-state index contributed by atoms with van der Waals surface area (Å²) in [6, 6.07) is 3.45. The summed E-state index contributed by atoms with van der Waals surface area (Å²) in [6.07, 6.45) is 6.45. The number of hydrogen-bond acceptors (Lipinski definition) is 4. The summed E-state index contributed by atoms with van der Waals surface area (Å²) in [5, 5.41) is 2.98. The number of aromatic nitrogens is 1. The van der Waals surface area contributed by atoms with E-state index in [1.807, 2.05) is 0 Å². The van der Waals surface area contributed by atoms with Gasteiger partial charge in [-0.25, -0.2) is 0 Å². The summed E-state index contributed by atoms with van der Waals surface area (Å²) in [5.74, 6) is 0.263. The van der Waals surface area contributed by atoms with Crippen LogP contribution in [0, 0.1) is 5.92 Å². The first-order chi connectivity index (χ1) is 12.0. The van der Waals surface area contributed by atoms with Gasteiger partial charge in [0, 0.05) is 44.6 Å². The Morgan fingerprint density at radius 2 is 1.96 bits per heavy atom. The van der Waals surface area contributed by atoms with Gasteiger partial charge < -0.3 is 5.32 Å². The molecule has 2 fully saturated rings. The van der Waals surface area contributed by atoms with E-state index in [-0.39, 0.29) is 11.9 Å². The Balaban J connectivity index is 1.54. The van der Waals surface area contributed by atoms with Gasteiger partial charge in [0.25, 0.3) is 16.1 Å². The van der Waals surface area contributed by atoms with E-state index in [0.29, 0.717) is 50.5 Å². The molecular weight excluding hydrogens is 340 g/mol. The topological polar surface area (TPSA) is 82.6 Å². The van der Waals surface area contributed by atoms with Crippen molar-refractivity contribution in [2.75, 3.05) is 26.2 Å². The molecule has 0 aliphatic carbocycles. The average molecular weight is 366 g/mol. The van der Waals surface area contributed by atoms with Gasteiger partial charge in [0.1, 0.15) is 0 Å². The second-order valence-electron chi connectivity index (χ2n) is 7.00. The maximum atomic E-state index is 12.8. The molecule has 3 heterocycles. The minimum absolute atomic E-state index is 0.000523. The minimum atomic E-state index is -3.38. The van der Waals surface area contributed by atoms with Crippen LogP contribution in [0.15, 0.2) is 24.5 Å². The van der Waals surface area contributed by atoms with Crippen LogP contribution in [0.3, 0.4) is 0 Å². The molecule has 1 aromatic heterocycles. The summed E-state index contributed by atoms with van der Waals surface area (Å²) >= 11 is 0. The molecule has 2 saturated heterocycles. The lowest BCUT2D eigenvalue weighted by Gasteiger charge is -2.37. The van der Waals surface area contributed by atoms with Crippen molar-refractivity contribution in [2.24, 2.45) is 5.92 Å². The maximum absolute atomic E-state index is 12.8. The van der Waals surface area contributed by atoms with Crippen molar-refractivity contribution >= 4 is 16.1 Å². The van der Waals surface area contributed by atoms with E-state index in [9.17, 15) is 13.2 Å². The van der Waals surface area contributed by atoms with Gasteiger partial charge in [0.05, 0.1) is 5.56 Å². The molecule has 1 N–H and O–H groups in total. The third kappa shape index (κ3) is 4.37. The smallest absolute Gasteiger partial charge is 0.281 e. The van der Waals surface area contributed by atoms with Crippen molar-refractivity contribution in [2.45, 2.75) is 38.6 Å². The molecule has 0 radical (unpaired) electrons. The quantitative estimate of drug-likeness (QED) is 0.869. The van der Waals surface area contributed by atoms with Crippen molar-refractivity contribution in [3.63, 3.8) is 0 Å². The van der Waals surface area contributed by atoms with Crippen LogP contribution in [0.4, 0.5) is 0 Å². The summed E-state index contributed by atoms with van der Waals surface area (Å²) in [6.45, 7) is 4.22. The Morgan fingerprint density at radius 3 is 2.60 bits per heavy atom. The largest absolute Gasteiger partial charge is 0.349 e. The fourth-order valence-corrected chi connectivity index (χ4v) is 5.32. The van der Waals surface area contributed by atoms with Crippen molar-refractivity contribution in [3.8, 4) is 0 Å². The van der Waals surface area contributed by atoms with Crippen LogP contribution in [0.5, 0.6) is 0 Å². The van der Waals surface area contributed by atoms with Crippen LogP contribution in [0.2, 0.25) is 0 Å². The molecule has 138 valence electrons. The van der Waals surface area contributed by atoms with Crippen LogP contribution in [-0.4, -0.2) is 60.1 Å². The molecule has 25 heavy (non-hydrogen) atoms. The normalized spacial score (nSPS) is 24.1. The van der Waals surface area contributed by atoms with Crippen LogP contribution >= 0.6 is 0 Å². The summed E-state index contributed by atoms with van der Waals surface area (Å²) in [7, 11) is -3.38. The minimum Gasteiger partial charge on any atom is -0.349 e. The highest BCUT2D eigenvalue weighted by atomic mass is 32.2. The molecule has 0 spiro atoms. The van der Waals surface area contributed by atoms with Crippen molar-refractivity contribution in [1.29, 1.82) is 0 Å². The molecule has 3 rings (SSSR count). The molecular formula is C17H26N4O3S. The van der Waals surface area contributed by atoms with E-state index in [4.69, 9.17) is 0 Å². The number of pyridine rings is 1. The standard InChI is InChI=1S/C17H26N4O3S/c1-14-4-3-9-21(13-14)25(23,24)20-10-6-16(7-11-20)19-17(22)15-5-2-8-18-12-15/h2,5,8,12,14,16H,3-4,6-7,9-11,13H2,1H3,(H,19,22)/t14-/m1/s1. The van der Waals surface area contributed by atoms with Gasteiger partial charge in [-0.3, -0.25) is 9.78 Å². The van der Waals surface area contributed by atoms with Gasteiger partial charge in [-0.2, -0.15) is 17.0 Å². The lowest BCUT2D eigenvalue weighted by molar-refractivity contribution is 0.0922. The Kier molecular flexibility index (Phi) is 5.71. The van der Waals surface area contributed by atoms with Crippen LogP contribution in [0.25, 0.3) is 0 Å². The van der Waals surface area contributed by atoms with E-state index in [0.717, 1.165) is 12.8 Å².